The van der Waals surface area contributed by atoms with Crippen molar-refractivity contribution >= 4 is 78.0 Å². The van der Waals surface area contributed by atoms with Crippen LogP contribution in [-0.4, -0.2) is 6.71 Å². The van der Waals surface area contributed by atoms with E-state index in [1.807, 2.05) is 11.3 Å². The summed E-state index contributed by atoms with van der Waals surface area (Å²) >= 11 is 2.00. The maximum absolute atomic E-state index is 2.62. The van der Waals surface area contributed by atoms with Gasteiger partial charge in [0.05, 0.1) is 11.1 Å². The number of hydrogen-bond donors (Lipinski definition) is 0. The van der Waals surface area contributed by atoms with Crippen LogP contribution in [-0.2, 0) is 5.41 Å². The molecule has 4 aliphatic rings. The Morgan fingerprint density at radius 1 is 0.485 bits per heavy atom. The van der Waals surface area contributed by atoms with Crippen LogP contribution in [0.1, 0.15) is 58.7 Å². The van der Waals surface area contributed by atoms with Crippen LogP contribution in [0.3, 0.4) is 0 Å². The summed E-state index contributed by atoms with van der Waals surface area (Å²) in [6.45, 7) is 9.20. The molecule has 66 heavy (non-hydrogen) atoms. The van der Waals surface area contributed by atoms with Gasteiger partial charge in [0.1, 0.15) is 0 Å². The van der Waals surface area contributed by atoms with E-state index in [0.29, 0.717) is 5.92 Å². The fraction of sp³-hybridized carbons (Fsp3) is 0.0968. The molecule has 1 spiro atoms. The number of benzene rings is 9. The zero-order chi connectivity index (χ0) is 44.0. The van der Waals surface area contributed by atoms with Crippen LogP contribution in [0.25, 0.3) is 43.5 Å². The minimum absolute atomic E-state index is 0.0228. The van der Waals surface area contributed by atoms with E-state index in [1.54, 1.807) is 0 Å². The van der Waals surface area contributed by atoms with E-state index in [4.69, 9.17) is 0 Å². The molecule has 4 heteroatoms. The second kappa shape index (κ2) is 13.8. The van der Waals surface area contributed by atoms with Gasteiger partial charge in [0.2, 0.25) is 0 Å². The van der Waals surface area contributed by atoms with Crippen molar-refractivity contribution in [3.05, 3.63) is 233 Å². The Balaban J connectivity index is 1.11. The van der Waals surface area contributed by atoms with Crippen molar-refractivity contribution in [1.82, 2.24) is 0 Å². The van der Waals surface area contributed by atoms with Crippen molar-refractivity contribution in [1.29, 1.82) is 0 Å². The first-order valence-corrected chi connectivity index (χ1v) is 24.2. The predicted octanol–water partition coefficient (Wildman–Crippen LogP) is 14.7. The number of anilines is 6. The fourth-order valence-electron chi connectivity index (χ4n) is 12.5. The molecule has 10 aromatic rings. The van der Waals surface area contributed by atoms with Crippen molar-refractivity contribution in [3.63, 3.8) is 0 Å². The van der Waals surface area contributed by atoms with Crippen molar-refractivity contribution in [2.75, 3.05) is 9.80 Å². The minimum Gasteiger partial charge on any atom is -0.311 e. The van der Waals surface area contributed by atoms with E-state index in [2.05, 4.69) is 232 Å². The van der Waals surface area contributed by atoms with E-state index in [-0.39, 0.29) is 6.71 Å². The predicted molar refractivity (Wildman–Crippen MR) is 281 cm³/mol. The molecular formula is C62H45BN2S. The molecule has 9 aromatic carbocycles. The largest absolute Gasteiger partial charge is 0.311 e. The van der Waals surface area contributed by atoms with Crippen molar-refractivity contribution in [2.45, 2.75) is 39.0 Å². The highest BCUT2D eigenvalue weighted by Crippen LogP contribution is 2.64. The molecule has 0 N–H and O–H groups in total. The van der Waals surface area contributed by atoms with Gasteiger partial charge in [-0.25, -0.2) is 0 Å². The summed E-state index contributed by atoms with van der Waals surface area (Å²) in [5.41, 5.74) is 27.1. The van der Waals surface area contributed by atoms with Crippen molar-refractivity contribution < 1.29 is 0 Å². The van der Waals surface area contributed by atoms with Crippen LogP contribution in [0.2, 0.25) is 0 Å². The molecule has 0 atom stereocenters. The summed E-state index contributed by atoms with van der Waals surface area (Å²) in [4.78, 5) is 5.19. The Morgan fingerprint density at radius 2 is 1.03 bits per heavy atom. The number of fused-ring (bicyclic) bond motifs is 16. The molecule has 1 aromatic heterocycles. The van der Waals surface area contributed by atoms with E-state index >= 15 is 0 Å². The fourth-order valence-corrected chi connectivity index (χ4v) is 13.9. The molecule has 2 aliphatic carbocycles. The smallest absolute Gasteiger partial charge is 0.264 e. The van der Waals surface area contributed by atoms with Crippen LogP contribution in [0.5, 0.6) is 0 Å². The number of nitrogens with zero attached hydrogens (tertiary/aromatic N) is 2. The topological polar surface area (TPSA) is 6.48 Å². The quantitative estimate of drug-likeness (QED) is 0.163. The van der Waals surface area contributed by atoms with Gasteiger partial charge in [-0.3, -0.25) is 0 Å². The second-order valence-electron chi connectivity index (χ2n) is 19.0. The van der Waals surface area contributed by atoms with Crippen LogP contribution in [0.15, 0.2) is 194 Å². The Hall–Kier alpha value is -7.40. The monoisotopic (exact) mass is 860 g/mol. The highest BCUT2D eigenvalue weighted by atomic mass is 32.1. The van der Waals surface area contributed by atoms with Crippen LogP contribution < -0.4 is 25.5 Å². The van der Waals surface area contributed by atoms with Gasteiger partial charge in [-0.15, -0.1) is 11.3 Å². The second-order valence-corrected chi connectivity index (χ2v) is 20.1. The number of rotatable bonds is 4. The van der Waals surface area contributed by atoms with E-state index in [0.717, 1.165) is 0 Å². The first kappa shape index (κ1) is 37.9. The zero-order valence-corrected chi connectivity index (χ0v) is 38.2. The summed E-state index contributed by atoms with van der Waals surface area (Å²) in [5.74, 6) is 0.316. The lowest BCUT2D eigenvalue weighted by Crippen LogP contribution is -2.60. The number of thiophene rings is 1. The van der Waals surface area contributed by atoms with E-state index < -0.39 is 5.41 Å². The lowest BCUT2D eigenvalue weighted by molar-refractivity contribution is 0.795. The highest BCUT2D eigenvalue weighted by Gasteiger charge is 2.52. The van der Waals surface area contributed by atoms with Gasteiger partial charge in [0, 0.05) is 43.3 Å². The third-order valence-corrected chi connectivity index (χ3v) is 16.5. The molecular weight excluding hydrogens is 816 g/mol. The van der Waals surface area contributed by atoms with Gasteiger partial charge in [0.25, 0.3) is 6.71 Å². The SMILES string of the molecule is Cc1cccc(C)c1-c1ccc2c(c1)N(c1ccccc1)c1cc(C(C)C)cc3c1B2c1sc2cc4c(cc2c1N3c1ccccc1)-c1ccccc1C41c2ccccc2-c2ccccc21. The summed E-state index contributed by atoms with van der Waals surface area (Å²) in [6.07, 6.45) is 0. The van der Waals surface area contributed by atoms with Crippen molar-refractivity contribution in [3.8, 4) is 33.4 Å². The van der Waals surface area contributed by atoms with Crippen molar-refractivity contribution in [2.24, 2.45) is 0 Å². The maximum atomic E-state index is 2.62. The molecule has 0 bridgehead atoms. The van der Waals surface area contributed by atoms with Gasteiger partial charge in [-0.2, -0.15) is 0 Å². The van der Waals surface area contributed by atoms with Crippen LogP contribution in [0.4, 0.5) is 34.1 Å². The van der Waals surface area contributed by atoms with Crippen LogP contribution >= 0.6 is 11.3 Å². The molecule has 0 unspecified atom stereocenters. The lowest BCUT2D eigenvalue weighted by atomic mass is 9.36. The van der Waals surface area contributed by atoms with Gasteiger partial charge in [0.15, 0.2) is 0 Å². The summed E-state index contributed by atoms with van der Waals surface area (Å²) < 4.78 is 2.72. The Labute approximate surface area is 391 Å². The summed E-state index contributed by atoms with van der Waals surface area (Å²) in [6, 6.07) is 73.9. The average Bonchev–Trinajstić information content (AvgIpc) is 3.97. The molecule has 0 saturated carbocycles. The van der Waals surface area contributed by atoms with E-state index in [9.17, 15) is 0 Å². The molecule has 0 radical (unpaired) electrons. The minimum atomic E-state index is -0.406. The van der Waals surface area contributed by atoms with Gasteiger partial charge < -0.3 is 9.80 Å². The summed E-state index contributed by atoms with van der Waals surface area (Å²) in [7, 11) is 0. The van der Waals surface area contributed by atoms with E-state index in [1.165, 1.54) is 132 Å². The number of hydrogen-bond acceptors (Lipinski definition) is 3. The van der Waals surface area contributed by atoms with Gasteiger partial charge in [-0.05, 0) is 158 Å². The molecule has 2 aliphatic heterocycles. The molecule has 0 saturated heterocycles. The first-order chi connectivity index (χ1) is 32.4. The molecule has 2 nitrogen and oxygen atoms in total. The van der Waals surface area contributed by atoms with Gasteiger partial charge in [-0.1, -0.05) is 153 Å². The third kappa shape index (κ3) is 4.92. The van der Waals surface area contributed by atoms with Crippen LogP contribution in [0, 0.1) is 13.8 Å². The Morgan fingerprint density at radius 3 is 1.64 bits per heavy atom. The number of aryl methyl sites for hydroxylation is 2. The standard InChI is InChI=1S/C62H45BN2S/c1-37(2)41-33-55-59-56(34-41)65(43-22-9-6-10-23-43)60-48-35-47-46-26-13-16-29-51(46)62(49-27-14-11-24-44(49)45-25-12-15-28-50(45)62)52(47)36-57(48)66-61(60)63(59)53-31-30-40(58-38(3)18-17-19-39(58)4)32-54(53)64(55)42-20-7-5-8-21-42/h5-37H,1-4H3. The Bertz CT molecular complexity index is 3610. The summed E-state index contributed by atoms with van der Waals surface area (Å²) in [5, 5.41) is 1.31. The first-order valence-electron chi connectivity index (χ1n) is 23.4. The molecule has 3 heterocycles. The molecule has 312 valence electrons. The zero-order valence-electron chi connectivity index (χ0n) is 37.4. The Kier molecular flexibility index (Phi) is 7.94. The normalized spacial score (nSPS) is 14.2. The average molecular weight is 861 g/mol. The molecule has 14 rings (SSSR count). The third-order valence-electron chi connectivity index (χ3n) is 15.3. The molecule has 0 fully saturated rings. The lowest BCUT2D eigenvalue weighted by Gasteiger charge is -2.44. The maximum Gasteiger partial charge on any atom is 0.264 e. The number of para-hydroxylation sites is 2. The highest BCUT2D eigenvalue weighted by molar-refractivity contribution is 7.33. The van der Waals surface area contributed by atoms with Gasteiger partial charge >= 0.3 is 0 Å². The molecule has 0 amide bonds.